The smallest absolute Gasteiger partial charge is 0.338 e. The van der Waals surface area contributed by atoms with Gasteiger partial charge in [0.1, 0.15) is 12.4 Å². The minimum absolute atomic E-state index is 0.0152. The van der Waals surface area contributed by atoms with E-state index in [1.807, 2.05) is 0 Å². The largest absolute Gasteiger partial charge is 0.459 e. The molecular formula is C13H15FO3S. The van der Waals surface area contributed by atoms with Crippen molar-refractivity contribution in [3.63, 3.8) is 0 Å². The zero-order valence-corrected chi connectivity index (χ0v) is 10.8. The van der Waals surface area contributed by atoms with E-state index in [1.165, 1.54) is 18.2 Å². The molecule has 0 saturated carbocycles. The molecule has 5 heteroatoms. The predicted molar refractivity (Wildman–Crippen MR) is 67.5 cm³/mol. The summed E-state index contributed by atoms with van der Waals surface area (Å²) in [5.41, 5.74) is 0.303. The summed E-state index contributed by atoms with van der Waals surface area (Å²) in [5.74, 6) is -0.926. The van der Waals surface area contributed by atoms with Gasteiger partial charge in [0.2, 0.25) is 0 Å². The summed E-state index contributed by atoms with van der Waals surface area (Å²) in [5, 5.41) is 0. The fraction of sp³-hybridized carbons (Fsp3) is 0.462. The third kappa shape index (κ3) is 3.46. The maximum absolute atomic E-state index is 13.0. The van der Waals surface area contributed by atoms with Crippen LogP contribution in [0, 0.1) is 5.82 Å². The molecule has 0 aromatic heterocycles. The Kier molecular flexibility index (Phi) is 4.60. The Labute approximate surface area is 111 Å². The van der Waals surface area contributed by atoms with Crippen molar-refractivity contribution in [2.45, 2.75) is 30.3 Å². The topological polar surface area (TPSA) is 35.5 Å². The van der Waals surface area contributed by atoms with E-state index in [1.54, 1.807) is 0 Å². The van der Waals surface area contributed by atoms with Gasteiger partial charge >= 0.3 is 5.97 Å². The summed E-state index contributed by atoms with van der Waals surface area (Å²) in [6, 6.07) is 3.96. The molecule has 1 fully saturated rings. The van der Waals surface area contributed by atoms with Crippen LogP contribution in [0.15, 0.2) is 23.1 Å². The normalized spacial score (nSPS) is 19.6. The van der Waals surface area contributed by atoms with Crippen LogP contribution in [0.5, 0.6) is 0 Å². The van der Waals surface area contributed by atoms with Crippen LogP contribution in [0.3, 0.4) is 0 Å². The third-order valence-corrected chi connectivity index (χ3v) is 3.20. The predicted octanol–water partition coefficient (Wildman–Crippen LogP) is 2.84. The highest BCUT2D eigenvalue weighted by Crippen LogP contribution is 2.16. The van der Waals surface area contributed by atoms with Crippen molar-refractivity contribution in [2.24, 2.45) is 0 Å². The van der Waals surface area contributed by atoms with Crippen molar-refractivity contribution in [3.05, 3.63) is 29.6 Å². The second kappa shape index (κ2) is 6.20. The molecule has 3 nitrogen and oxygen atoms in total. The zero-order valence-electron chi connectivity index (χ0n) is 9.89. The van der Waals surface area contributed by atoms with E-state index in [4.69, 9.17) is 9.47 Å². The molecule has 0 spiro atoms. The van der Waals surface area contributed by atoms with Crippen molar-refractivity contribution in [1.29, 1.82) is 0 Å². The van der Waals surface area contributed by atoms with Crippen LogP contribution in [0.25, 0.3) is 0 Å². The SMILES string of the molecule is O=C(OCC1CCCCO1)c1ccc(F)c(S)c1. The van der Waals surface area contributed by atoms with Crippen LogP contribution in [-0.4, -0.2) is 25.3 Å². The van der Waals surface area contributed by atoms with Crippen LogP contribution in [0.1, 0.15) is 29.6 Å². The molecule has 1 atom stereocenters. The van der Waals surface area contributed by atoms with Crippen LogP contribution in [0.4, 0.5) is 4.39 Å². The number of thiol groups is 1. The second-order valence-electron chi connectivity index (χ2n) is 4.25. The molecule has 0 radical (unpaired) electrons. The van der Waals surface area contributed by atoms with Crippen molar-refractivity contribution >= 4 is 18.6 Å². The van der Waals surface area contributed by atoms with Crippen molar-refractivity contribution in [3.8, 4) is 0 Å². The molecule has 1 saturated heterocycles. The summed E-state index contributed by atoms with van der Waals surface area (Å²) in [6.07, 6.45) is 3.05. The fourth-order valence-corrected chi connectivity index (χ4v) is 2.04. The molecule has 1 aromatic rings. The first-order valence-corrected chi connectivity index (χ1v) is 6.39. The molecule has 18 heavy (non-hydrogen) atoms. The average Bonchev–Trinajstić information content (AvgIpc) is 2.40. The van der Waals surface area contributed by atoms with Crippen molar-refractivity contribution in [1.82, 2.24) is 0 Å². The van der Waals surface area contributed by atoms with Gasteiger partial charge in [-0.1, -0.05) is 0 Å². The summed E-state index contributed by atoms with van der Waals surface area (Å²) < 4.78 is 23.6. The first-order valence-electron chi connectivity index (χ1n) is 5.94. The Morgan fingerprint density at radius 2 is 2.33 bits per heavy atom. The quantitative estimate of drug-likeness (QED) is 0.677. The molecule has 98 valence electrons. The highest BCUT2D eigenvalue weighted by atomic mass is 32.1. The van der Waals surface area contributed by atoms with E-state index in [0.717, 1.165) is 25.9 Å². The highest BCUT2D eigenvalue weighted by Gasteiger charge is 2.17. The van der Waals surface area contributed by atoms with Gasteiger partial charge in [-0.3, -0.25) is 0 Å². The maximum atomic E-state index is 13.0. The number of hydrogen-bond donors (Lipinski definition) is 1. The van der Waals surface area contributed by atoms with Gasteiger partial charge in [-0.05, 0) is 37.5 Å². The standard InChI is InChI=1S/C13H15FO3S/c14-11-5-4-9(7-12(11)18)13(15)17-8-10-3-1-2-6-16-10/h4-5,7,10,18H,1-3,6,8H2. The average molecular weight is 270 g/mol. The molecule has 1 heterocycles. The van der Waals surface area contributed by atoms with Crippen molar-refractivity contribution in [2.75, 3.05) is 13.2 Å². The summed E-state index contributed by atoms with van der Waals surface area (Å²) >= 11 is 3.92. The molecule has 1 aliphatic heterocycles. The van der Waals surface area contributed by atoms with E-state index in [2.05, 4.69) is 12.6 Å². The molecule has 0 bridgehead atoms. The number of benzene rings is 1. The van der Waals surface area contributed by atoms with E-state index in [-0.39, 0.29) is 17.6 Å². The summed E-state index contributed by atoms with van der Waals surface area (Å²) in [6.45, 7) is 0.970. The molecule has 1 aliphatic rings. The van der Waals surface area contributed by atoms with Crippen LogP contribution in [-0.2, 0) is 9.47 Å². The van der Waals surface area contributed by atoms with Crippen molar-refractivity contribution < 1.29 is 18.7 Å². The molecular weight excluding hydrogens is 255 g/mol. The van der Waals surface area contributed by atoms with Gasteiger partial charge in [-0.15, -0.1) is 12.6 Å². The van der Waals surface area contributed by atoms with Gasteiger partial charge in [0.15, 0.2) is 0 Å². The minimum Gasteiger partial charge on any atom is -0.459 e. The lowest BCUT2D eigenvalue weighted by molar-refractivity contribution is -0.0300. The van der Waals surface area contributed by atoms with Gasteiger partial charge in [0.25, 0.3) is 0 Å². The maximum Gasteiger partial charge on any atom is 0.338 e. The van der Waals surface area contributed by atoms with Gasteiger partial charge in [-0.2, -0.15) is 0 Å². The van der Waals surface area contributed by atoms with E-state index < -0.39 is 11.8 Å². The van der Waals surface area contributed by atoms with Crippen LogP contribution >= 0.6 is 12.6 Å². The lowest BCUT2D eigenvalue weighted by atomic mass is 10.1. The zero-order chi connectivity index (χ0) is 13.0. The van der Waals surface area contributed by atoms with E-state index >= 15 is 0 Å². The first kappa shape index (κ1) is 13.4. The van der Waals surface area contributed by atoms with E-state index in [0.29, 0.717) is 5.56 Å². The molecule has 1 aromatic carbocycles. The number of halogens is 1. The third-order valence-electron chi connectivity index (χ3n) is 2.86. The Bertz CT molecular complexity index is 430. The molecule has 0 aliphatic carbocycles. The Morgan fingerprint density at radius 3 is 3.00 bits per heavy atom. The van der Waals surface area contributed by atoms with Crippen LogP contribution < -0.4 is 0 Å². The summed E-state index contributed by atoms with van der Waals surface area (Å²) in [7, 11) is 0. The molecule has 0 amide bonds. The Balaban J connectivity index is 1.88. The monoisotopic (exact) mass is 270 g/mol. The number of carbonyl (C=O) groups is 1. The number of carbonyl (C=O) groups excluding carboxylic acids is 1. The molecule has 0 N–H and O–H groups in total. The molecule has 2 rings (SSSR count). The highest BCUT2D eigenvalue weighted by molar-refractivity contribution is 7.80. The number of rotatable bonds is 3. The Morgan fingerprint density at radius 1 is 1.50 bits per heavy atom. The Hall–Kier alpha value is -1.07. The number of hydrogen-bond acceptors (Lipinski definition) is 4. The lowest BCUT2D eigenvalue weighted by Gasteiger charge is -2.22. The molecule has 1 unspecified atom stereocenters. The van der Waals surface area contributed by atoms with Gasteiger partial charge < -0.3 is 9.47 Å². The first-order chi connectivity index (χ1) is 8.66. The number of ether oxygens (including phenoxy) is 2. The van der Waals surface area contributed by atoms with Gasteiger partial charge in [0, 0.05) is 11.5 Å². The second-order valence-corrected chi connectivity index (χ2v) is 4.74. The minimum atomic E-state index is -0.473. The fourth-order valence-electron chi connectivity index (χ4n) is 1.83. The summed E-state index contributed by atoms with van der Waals surface area (Å²) in [4.78, 5) is 11.9. The number of esters is 1. The van der Waals surface area contributed by atoms with Gasteiger partial charge in [0.05, 0.1) is 11.7 Å². The van der Waals surface area contributed by atoms with E-state index in [9.17, 15) is 9.18 Å². The van der Waals surface area contributed by atoms with Crippen LogP contribution in [0.2, 0.25) is 0 Å². The lowest BCUT2D eigenvalue weighted by Crippen LogP contribution is -2.25. The van der Waals surface area contributed by atoms with Gasteiger partial charge in [-0.25, -0.2) is 9.18 Å².